The fraction of sp³-hybridized carbons (Fsp3) is 1.00. The zero-order valence-corrected chi connectivity index (χ0v) is 13.2. The van der Waals surface area contributed by atoms with E-state index < -0.39 is 15.6 Å². The first-order valence-corrected chi connectivity index (χ1v) is 9.13. The normalized spacial score (nSPS) is 31.1. The van der Waals surface area contributed by atoms with E-state index in [1.807, 2.05) is 0 Å². The Labute approximate surface area is 122 Å². The minimum Gasteiger partial charge on any atom is -0.390 e. The van der Waals surface area contributed by atoms with Crippen LogP contribution >= 0.6 is 0 Å². The van der Waals surface area contributed by atoms with Crippen molar-refractivity contribution in [3.8, 4) is 0 Å². The maximum atomic E-state index is 12.4. The minimum absolute atomic E-state index is 0.190. The predicted octanol–water partition coefficient (Wildman–Crippen LogP) is -0.542. The fourth-order valence-corrected chi connectivity index (χ4v) is 4.35. The van der Waals surface area contributed by atoms with Crippen molar-refractivity contribution in [2.45, 2.75) is 31.8 Å². The molecule has 118 valence electrons. The van der Waals surface area contributed by atoms with Crippen LogP contribution in [0.4, 0.5) is 0 Å². The van der Waals surface area contributed by atoms with E-state index in [1.165, 1.54) is 0 Å². The Morgan fingerprint density at radius 1 is 1.15 bits per heavy atom. The van der Waals surface area contributed by atoms with Gasteiger partial charge in [-0.05, 0) is 26.2 Å². The molecule has 6 nitrogen and oxygen atoms in total. The van der Waals surface area contributed by atoms with E-state index in [1.54, 1.807) is 11.2 Å². The van der Waals surface area contributed by atoms with Gasteiger partial charge in [0, 0.05) is 45.8 Å². The topological polar surface area (TPSA) is 72.9 Å². The fourth-order valence-electron chi connectivity index (χ4n) is 2.83. The van der Waals surface area contributed by atoms with Crippen molar-refractivity contribution >= 4 is 10.0 Å². The standard InChI is InChI=1S/C13H27N3O3S/c1-13(17)3-2-7-16(8-4-13)20(18,19)12-11-15-9-5-14-6-10-15/h14,17H,2-12H2,1H3. The van der Waals surface area contributed by atoms with Crippen LogP contribution in [0.2, 0.25) is 0 Å². The lowest BCUT2D eigenvalue weighted by Gasteiger charge is -2.28. The lowest BCUT2D eigenvalue weighted by Crippen LogP contribution is -2.46. The molecule has 0 spiro atoms. The van der Waals surface area contributed by atoms with Crippen LogP contribution in [0.5, 0.6) is 0 Å². The number of sulfonamides is 1. The Balaban J connectivity index is 1.85. The maximum absolute atomic E-state index is 12.4. The Morgan fingerprint density at radius 3 is 2.55 bits per heavy atom. The van der Waals surface area contributed by atoms with Crippen LogP contribution in [-0.4, -0.2) is 79.9 Å². The second-order valence-electron chi connectivity index (χ2n) is 6.16. The average molecular weight is 305 g/mol. The van der Waals surface area contributed by atoms with E-state index in [9.17, 15) is 13.5 Å². The molecule has 0 bridgehead atoms. The van der Waals surface area contributed by atoms with Crippen LogP contribution < -0.4 is 5.32 Å². The molecule has 0 aliphatic carbocycles. The van der Waals surface area contributed by atoms with Gasteiger partial charge >= 0.3 is 0 Å². The molecule has 2 fully saturated rings. The van der Waals surface area contributed by atoms with Crippen LogP contribution in [0, 0.1) is 0 Å². The molecular formula is C13H27N3O3S. The first-order chi connectivity index (χ1) is 9.39. The third-order valence-electron chi connectivity index (χ3n) is 4.29. The molecule has 20 heavy (non-hydrogen) atoms. The number of rotatable bonds is 4. The third-order valence-corrected chi connectivity index (χ3v) is 6.14. The molecule has 0 saturated carbocycles. The summed E-state index contributed by atoms with van der Waals surface area (Å²) in [5.74, 6) is 0.190. The van der Waals surface area contributed by atoms with E-state index >= 15 is 0 Å². The molecule has 2 rings (SSSR count). The molecule has 0 aromatic rings. The van der Waals surface area contributed by atoms with Crippen molar-refractivity contribution in [3.63, 3.8) is 0 Å². The monoisotopic (exact) mass is 305 g/mol. The molecule has 1 atom stereocenters. The highest BCUT2D eigenvalue weighted by molar-refractivity contribution is 7.89. The highest BCUT2D eigenvalue weighted by atomic mass is 32.2. The van der Waals surface area contributed by atoms with Crippen LogP contribution in [0.3, 0.4) is 0 Å². The summed E-state index contributed by atoms with van der Waals surface area (Å²) < 4.78 is 26.4. The molecule has 2 aliphatic heterocycles. The Bertz CT molecular complexity index is 405. The predicted molar refractivity (Wildman–Crippen MR) is 79.1 cm³/mol. The number of nitrogens with zero attached hydrogens (tertiary/aromatic N) is 2. The van der Waals surface area contributed by atoms with E-state index in [0.29, 0.717) is 32.5 Å². The maximum Gasteiger partial charge on any atom is 0.215 e. The molecule has 1 unspecified atom stereocenters. The molecule has 0 amide bonds. The number of aliphatic hydroxyl groups is 1. The van der Waals surface area contributed by atoms with Crippen molar-refractivity contribution in [3.05, 3.63) is 0 Å². The molecule has 0 aromatic heterocycles. The summed E-state index contributed by atoms with van der Waals surface area (Å²) in [6.07, 6.45) is 1.94. The molecule has 2 N–H and O–H groups in total. The smallest absolute Gasteiger partial charge is 0.215 e. The lowest BCUT2D eigenvalue weighted by molar-refractivity contribution is 0.0465. The van der Waals surface area contributed by atoms with Crippen molar-refractivity contribution in [2.75, 3.05) is 51.6 Å². The number of hydrogen-bond donors (Lipinski definition) is 2. The minimum atomic E-state index is -3.20. The van der Waals surface area contributed by atoms with Gasteiger partial charge in [-0.15, -0.1) is 0 Å². The van der Waals surface area contributed by atoms with Gasteiger partial charge in [-0.25, -0.2) is 12.7 Å². The van der Waals surface area contributed by atoms with Gasteiger partial charge in [0.25, 0.3) is 0 Å². The Kier molecular flexibility index (Phi) is 5.42. The summed E-state index contributed by atoms with van der Waals surface area (Å²) in [4.78, 5) is 2.20. The Hall–Kier alpha value is -0.210. The largest absolute Gasteiger partial charge is 0.390 e. The first-order valence-electron chi connectivity index (χ1n) is 7.52. The molecule has 7 heteroatoms. The van der Waals surface area contributed by atoms with Gasteiger partial charge in [-0.3, -0.25) is 4.90 Å². The van der Waals surface area contributed by atoms with E-state index in [2.05, 4.69) is 10.2 Å². The zero-order chi connectivity index (χ0) is 14.6. The van der Waals surface area contributed by atoms with Gasteiger partial charge in [0.15, 0.2) is 0 Å². The third kappa shape index (κ3) is 4.66. The van der Waals surface area contributed by atoms with Gasteiger partial charge in [-0.1, -0.05) is 0 Å². The highest BCUT2D eigenvalue weighted by Gasteiger charge is 2.30. The van der Waals surface area contributed by atoms with Crippen molar-refractivity contribution in [1.82, 2.24) is 14.5 Å². The van der Waals surface area contributed by atoms with E-state index in [4.69, 9.17) is 0 Å². The molecule has 2 saturated heterocycles. The van der Waals surface area contributed by atoms with Gasteiger partial charge in [-0.2, -0.15) is 0 Å². The molecule has 0 aromatic carbocycles. The van der Waals surface area contributed by atoms with E-state index in [-0.39, 0.29) is 5.75 Å². The summed E-state index contributed by atoms with van der Waals surface area (Å²) in [5.41, 5.74) is -0.719. The molecular weight excluding hydrogens is 278 g/mol. The van der Waals surface area contributed by atoms with Crippen molar-refractivity contribution in [2.24, 2.45) is 0 Å². The van der Waals surface area contributed by atoms with Gasteiger partial charge in [0.1, 0.15) is 0 Å². The van der Waals surface area contributed by atoms with E-state index in [0.717, 1.165) is 32.6 Å². The van der Waals surface area contributed by atoms with Gasteiger partial charge in [0.05, 0.1) is 11.4 Å². The highest BCUT2D eigenvalue weighted by Crippen LogP contribution is 2.23. The van der Waals surface area contributed by atoms with Gasteiger partial charge < -0.3 is 10.4 Å². The molecule has 0 radical (unpaired) electrons. The quantitative estimate of drug-likeness (QED) is 0.730. The van der Waals surface area contributed by atoms with Crippen LogP contribution in [0.1, 0.15) is 26.2 Å². The summed E-state index contributed by atoms with van der Waals surface area (Å²) in [7, 11) is -3.20. The summed E-state index contributed by atoms with van der Waals surface area (Å²) in [6.45, 7) is 7.10. The summed E-state index contributed by atoms with van der Waals surface area (Å²) in [5, 5.41) is 13.3. The number of hydrogen-bond acceptors (Lipinski definition) is 5. The van der Waals surface area contributed by atoms with Crippen LogP contribution in [-0.2, 0) is 10.0 Å². The van der Waals surface area contributed by atoms with Crippen molar-refractivity contribution < 1.29 is 13.5 Å². The Morgan fingerprint density at radius 2 is 1.85 bits per heavy atom. The number of piperazine rings is 1. The molecule has 2 heterocycles. The van der Waals surface area contributed by atoms with Crippen LogP contribution in [0.25, 0.3) is 0 Å². The van der Waals surface area contributed by atoms with Crippen molar-refractivity contribution in [1.29, 1.82) is 0 Å². The lowest BCUT2D eigenvalue weighted by atomic mass is 9.98. The van der Waals surface area contributed by atoms with Crippen LogP contribution in [0.15, 0.2) is 0 Å². The summed E-state index contributed by atoms with van der Waals surface area (Å²) >= 11 is 0. The second kappa shape index (κ2) is 6.70. The first kappa shape index (κ1) is 16.2. The second-order valence-corrected chi connectivity index (χ2v) is 8.25. The summed E-state index contributed by atoms with van der Waals surface area (Å²) in [6, 6.07) is 0. The number of nitrogens with one attached hydrogen (secondary N) is 1. The molecule has 2 aliphatic rings. The average Bonchev–Trinajstić information content (AvgIpc) is 2.59. The SMILES string of the molecule is CC1(O)CCCN(S(=O)(=O)CCN2CCNCC2)CC1. The van der Waals surface area contributed by atoms with Gasteiger partial charge in [0.2, 0.25) is 10.0 Å². The zero-order valence-electron chi connectivity index (χ0n) is 12.3.